The van der Waals surface area contributed by atoms with E-state index in [0.717, 1.165) is 5.56 Å². The molecule has 1 aliphatic carbocycles. The number of aromatic carboxylic acids is 1. The lowest BCUT2D eigenvalue weighted by molar-refractivity contribution is -0.286. The van der Waals surface area contributed by atoms with Gasteiger partial charge in [0.05, 0.1) is 24.1 Å². The van der Waals surface area contributed by atoms with Gasteiger partial charge in [-0.1, -0.05) is 18.2 Å². The number of alkyl halides is 2. The highest BCUT2D eigenvalue weighted by atomic mass is 19.3. The number of carbonyl (C=O) groups is 2. The van der Waals surface area contributed by atoms with Gasteiger partial charge < -0.3 is 29.4 Å². The summed E-state index contributed by atoms with van der Waals surface area (Å²) in [5.41, 5.74) is 1.25. The van der Waals surface area contributed by atoms with Crippen molar-refractivity contribution in [2.75, 3.05) is 7.11 Å². The summed E-state index contributed by atoms with van der Waals surface area (Å²) in [4.78, 5) is 25.2. The van der Waals surface area contributed by atoms with Crippen molar-refractivity contribution in [1.29, 1.82) is 0 Å². The fraction of sp³-hybridized carbons (Fsp3) is 0.286. The Morgan fingerprint density at radius 2 is 1.79 bits per heavy atom. The third kappa shape index (κ3) is 4.15. The maximum atomic E-state index is 13.7. The molecule has 8 nitrogen and oxygen atoms in total. The topological polar surface area (TPSA) is 103 Å². The second-order valence-corrected chi connectivity index (χ2v) is 9.61. The van der Waals surface area contributed by atoms with E-state index in [1.165, 1.54) is 25.3 Å². The van der Waals surface area contributed by atoms with Gasteiger partial charge in [0.15, 0.2) is 11.5 Å². The first-order valence-electron chi connectivity index (χ1n) is 12.1. The van der Waals surface area contributed by atoms with Crippen LogP contribution in [0.1, 0.15) is 58.5 Å². The third-order valence-electron chi connectivity index (χ3n) is 7.26. The van der Waals surface area contributed by atoms with Crippen LogP contribution in [0.15, 0.2) is 60.7 Å². The van der Waals surface area contributed by atoms with Crippen LogP contribution in [0.25, 0.3) is 0 Å². The first kappa shape index (κ1) is 24.0. The number of methoxy groups -OCH3 is 1. The number of hydrogen-bond acceptors (Lipinski definition) is 6. The summed E-state index contributed by atoms with van der Waals surface area (Å²) >= 11 is 0. The fourth-order valence-electron chi connectivity index (χ4n) is 5.10. The van der Waals surface area contributed by atoms with Gasteiger partial charge in [-0.15, -0.1) is 8.78 Å². The maximum absolute atomic E-state index is 13.7. The van der Waals surface area contributed by atoms with Crippen LogP contribution >= 0.6 is 0 Å². The predicted octanol–water partition coefficient (Wildman–Crippen LogP) is 5.13. The van der Waals surface area contributed by atoms with Gasteiger partial charge in [-0.25, -0.2) is 4.79 Å². The van der Waals surface area contributed by atoms with E-state index < -0.39 is 29.8 Å². The van der Waals surface area contributed by atoms with Gasteiger partial charge >= 0.3 is 12.3 Å². The van der Waals surface area contributed by atoms with Crippen LogP contribution < -0.4 is 24.3 Å². The number of ether oxygens (including phenoxy) is 4. The summed E-state index contributed by atoms with van der Waals surface area (Å²) in [6.45, 7) is 0. The quantitative estimate of drug-likeness (QED) is 0.462. The van der Waals surface area contributed by atoms with Gasteiger partial charge in [0.1, 0.15) is 17.6 Å². The van der Waals surface area contributed by atoms with Crippen LogP contribution in [-0.2, 0) is 10.2 Å². The summed E-state index contributed by atoms with van der Waals surface area (Å²) in [5.74, 6) is -0.380. The summed E-state index contributed by atoms with van der Waals surface area (Å²) in [7, 11) is 1.54. The van der Waals surface area contributed by atoms with Gasteiger partial charge in [-0.2, -0.15) is 0 Å². The van der Waals surface area contributed by atoms with Crippen LogP contribution in [0, 0.1) is 0 Å². The lowest BCUT2D eigenvalue weighted by Gasteiger charge is -2.34. The number of carboxylic acids is 1. The molecule has 10 heteroatoms. The van der Waals surface area contributed by atoms with Gasteiger partial charge in [0, 0.05) is 18.1 Å². The highest BCUT2D eigenvalue weighted by Gasteiger charge is 2.53. The van der Waals surface area contributed by atoms with Crippen molar-refractivity contribution >= 4 is 11.9 Å². The number of halogens is 2. The van der Waals surface area contributed by atoms with Crippen molar-refractivity contribution in [3.63, 3.8) is 0 Å². The molecule has 1 saturated carbocycles. The SMILES string of the molecule is COc1ccc2c(c1)O[C@@H](c1cccc(C(=O)O)c1)C[C@H]2NC(=O)C1(c2ccc3c(c2)OC(F)(F)O3)CC1. The van der Waals surface area contributed by atoms with Gasteiger partial charge in [-0.3, -0.25) is 4.79 Å². The number of nitrogens with one attached hydrogen (secondary N) is 1. The van der Waals surface area contributed by atoms with Crippen molar-refractivity contribution in [1.82, 2.24) is 5.32 Å². The smallest absolute Gasteiger partial charge is 0.497 e. The molecular weight excluding hydrogens is 500 g/mol. The molecule has 3 aromatic carbocycles. The number of amides is 1. The molecule has 6 rings (SSSR count). The Balaban J connectivity index is 1.29. The van der Waals surface area contributed by atoms with E-state index in [2.05, 4.69) is 14.8 Å². The number of fused-ring (bicyclic) bond motifs is 2. The molecule has 3 aromatic rings. The Labute approximate surface area is 216 Å². The molecule has 196 valence electrons. The number of hydrogen-bond donors (Lipinski definition) is 2. The second-order valence-electron chi connectivity index (χ2n) is 9.61. The molecule has 0 radical (unpaired) electrons. The molecule has 2 N–H and O–H groups in total. The molecule has 2 heterocycles. The number of carboxylic acid groups (broad SMARTS) is 1. The van der Waals surface area contributed by atoms with Crippen molar-refractivity contribution < 1.29 is 42.4 Å². The van der Waals surface area contributed by atoms with E-state index in [1.54, 1.807) is 36.4 Å². The molecule has 38 heavy (non-hydrogen) atoms. The first-order valence-corrected chi connectivity index (χ1v) is 12.1. The Kier molecular flexibility index (Phi) is 5.44. The van der Waals surface area contributed by atoms with Crippen LogP contribution in [-0.4, -0.2) is 30.4 Å². The summed E-state index contributed by atoms with van der Waals surface area (Å²) in [6, 6.07) is 15.8. The van der Waals surface area contributed by atoms with E-state index in [9.17, 15) is 23.5 Å². The lowest BCUT2D eigenvalue weighted by atomic mass is 9.90. The van der Waals surface area contributed by atoms with Gasteiger partial charge in [-0.05, 0) is 60.4 Å². The molecule has 0 unspecified atom stereocenters. The average Bonchev–Trinajstić information content (AvgIpc) is 3.65. The second kappa shape index (κ2) is 8.61. The van der Waals surface area contributed by atoms with E-state index in [4.69, 9.17) is 9.47 Å². The zero-order valence-corrected chi connectivity index (χ0v) is 20.2. The number of benzene rings is 3. The molecule has 2 atom stereocenters. The van der Waals surface area contributed by atoms with E-state index in [1.807, 2.05) is 6.07 Å². The van der Waals surface area contributed by atoms with Gasteiger partial charge in [0.25, 0.3) is 0 Å². The molecule has 0 saturated heterocycles. The molecule has 1 amide bonds. The number of rotatable bonds is 6. The minimum Gasteiger partial charge on any atom is -0.497 e. The Hall–Kier alpha value is -4.34. The molecule has 0 aromatic heterocycles. The van der Waals surface area contributed by atoms with Gasteiger partial charge in [0.2, 0.25) is 5.91 Å². The summed E-state index contributed by atoms with van der Waals surface area (Å²) < 4.78 is 47.7. The van der Waals surface area contributed by atoms with E-state index >= 15 is 0 Å². The number of carbonyl (C=O) groups excluding carboxylic acids is 1. The molecular formula is C28H23F2NO7. The normalized spacial score (nSPS) is 21.6. The Morgan fingerprint density at radius 1 is 1.00 bits per heavy atom. The largest absolute Gasteiger partial charge is 0.586 e. The summed E-state index contributed by atoms with van der Waals surface area (Å²) in [5, 5.41) is 12.6. The Morgan fingerprint density at radius 3 is 2.53 bits per heavy atom. The molecule has 3 aliphatic rings. The van der Waals surface area contributed by atoms with Crippen LogP contribution in [0.5, 0.6) is 23.0 Å². The van der Waals surface area contributed by atoms with E-state index in [0.29, 0.717) is 41.9 Å². The third-order valence-corrected chi connectivity index (χ3v) is 7.26. The Bertz CT molecular complexity index is 1450. The predicted molar refractivity (Wildman–Crippen MR) is 129 cm³/mol. The maximum Gasteiger partial charge on any atom is 0.586 e. The average molecular weight is 523 g/mol. The minimum atomic E-state index is -3.74. The van der Waals surface area contributed by atoms with Crippen LogP contribution in [0.2, 0.25) is 0 Å². The molecule has 1 fully saturated rings. The zero-order chi connectivity index (χ0) is 26.7. The monoisotopic (exact) mass is 523 g/mol. The first-order chi connectivity index (χ1) is 18.2. The zero-order valence-electron chi connectivity index (χ0n) is 20.2. The summed E-state index contributed by atoms with van der Waals surface area (Å²) in [6.07, 6.45) is -2.80. The highest BCUT2D eigenvalue weighted by Crippen LogP contribution is 2.53. The van der Waals surface area contributed by atoms with E-state index in [-0.39, 0.29) is 23.0 Å². The standard InChI is InChI=1S/C28H23F2NO7/c1-35-18-6-7-19-20(14-22(36-23(19)13-18)15-3-2-4-16(11-15)25(32)33)31-26(34)27(9-10-27)17-5-8-21-24(12-17)38-28(29,30)37-21/h2-8,11-13,20,22H,9-10,14H2,1H3,(H,31,34)(H,32,33)/t20-,22-/m1/s1. The highest BCUT2D eigenvalue weighted by molar-refractivity contribution is 5.92. The van der Waals surface area contributed by atoms with Crippen molar-refractivity contribution in [3.05, 3.63) is 82.9 Å². The van der Waals surface area contributed by atoms with Crippen molar-refractivity contribution in [3.8, 4) is 23.0 Å². The van der Waals surface area contributed by atoms with Crippen LogP contribution in [0.3, 0.4) is 0 Å². The molecule has 2 aliphatic heterocycles. The minimum absolute atomic E-state index is 0.0753. The fourth-order valence-corrected chi connectivity index (χ4v) is 5.10. The lowest BCUT2D eigenvalue weighted by Crippen LogP contribution is -2.39. The van der Waals surface area contributed by atoms with Crippen LogP contribution in [0.4, 0.5) is 8.78 Å². The van der Waals surface area contributed by atoms with Crippen molar-refractivity contribution in [2.24, 2.45) is 0 Å². The molecule has 0 bridgehead atoms. The van der Waals surface area contributed by atoms with Crippen molar-refractivity contribution in [2.45, 2.75) is 43.1 Å². The molecule has 0 spiro atoms.